The third kappa shape index (κ3) is 1.91. The molecule has 0 saturated carbocycles. The van der Waals surface area contributed by atoms with Crippen molar-refractivity contribution in [2.75, 3.05) is 6.54 Å². The van der Waals surface area contributed by atoms with Gasteiger partial charge < -0.3 is 10.5 Å². The normalized spacial score (nSPS) is 17.1. The molecule has 2 aromatic rings. The van der Waals surface area contributed by atoms with Gasteiger partial charge in [0.2, 0.25) is 0 Å². The van der Waals surface area contributed by atoms with Gasteiger partial charge in [-0.1, -0.05) is 18.2 Å². The molecule has 1 aromatic carbocycles. The van der Waals surface area contributed by atoms with E-state index in [9.17, 15) is 0 Å². The van der Waals surface area contributed by atoms with Crippen LogP contribution in [0.3, 0.4) is 0 Å². The zero-order chi connectivity index (χ0) is 14.3. The monoisotopic (exact) mass is 271 g/mol. The van der Waals surface area contributed by atoms with Gasteiger partial charge in [0.1, 0.15) is 11.9 Å². The van der Waals surface area contributed by atoms with Crippen LogP contribution in [0.1, 0.15) is 23.9 Å². The number of aryl methyl sites for hydroxylation is 2. The first-order chi connectivity index (χ1) is 9.65. The number of para-hydroxylation sites is 1. The van der Waals surface area contributed by atoms with Crippen LogP contribution in [-0.2, 0) is 13.0 Å². The quantitative estimate of drug-likeness (QED) is 0.933. The van der Waals surface area contributed by atoms with Crippen LogP contribution in [0.5, 0.6) is 5.75 Å². The maximum Gasteiger partial charge on any atom is 0.131 e. The molecule has 2 N–H and O–H groups in total. The minimum Gasteiger partial charge on any atom is -0.488 e. The van der Waals surface area contributed by atoms with E-state index in [4.69, 9.17) is 10.5 Å². The highest BCUT2D eigenvalue weighted by atomic mass is 16.5. The van der Waals surface area contributed by atoms with Gasteiger partial charge >= 0.3 is 0 Å². The maximum absolute atomic E-state index is 6.03. The predicted octanol–water partition coefficient (Wildman–Crippen LogP) is 2.45. The first-order valence-corrected chi connectivity index (χ1v) is 7.18. The Balaban J connectivity index is 2.14. The standard InChI is InChI=1S/C16H21N3O/c1-4-19-11(3)15(10(2)18-19)14-7-5-6-12-8-13(9-17)20-16(12)14/h5-7,13H,4,8-9,17H2,1-3H3/t13-/m1/s1. The predicted molar refractivity (Wildman–Crippen MR) is 80.0 cm³/mol. The Morgan fingerprint density at radius 2 is 2.20 bits per heavy atom. The number of hydrogen-bond donors (Lipinski definition) is 1. The summed E-state index contributed by atoms with van der Waals surface area (Å²) in [5.41, 5.74) is 11.6. The van der Waals surface area contributed by atoms with Crippen molar-refractivity contribution in [2.24, 2.45) is 5.73 Å². The van der Waals surface area contributed by atoms with Crippen LogP contribution in [0.15, 0.2) is 18.2 Å². The summed E-state index contributed by atoms with van der Waals surface area (Å²) < 4.78 is 8.07. The fourth-order valence-corrected chi connectivity index (χ4v) is 3.06. The van der Waals surface area contributed by atoms with Crippen molar-refractivity contribution in [3.63, 3.8) is 0 Å². The van der Waals surface area contributed by atoms with Gasteiger partial charge in [-0.15, -0.1) is 0 Å². The van der Waals surface area contributed by atoms with Gasteiger partial charge in [0.15, 0.2) is 0 Å². The van der Waals surface area contributed by atoms with Crippen molar-refractivity contribution >= 4 is 0 Å². The average molecular weight is 271 g/mol. The number of nitrogens with two attached hydrogens (primary N) is 1. The summed E-state index contributed by atoms with van der Waals surface area (Å²) in [6.45, 7) is 7.73. The number of rotatable bonds is 3. The smallest absolute Gasteiger partial charge is 0.131 e. The van der Waals surface area contributed by atoms with Gasteiger partial charge in [-0.2, -0.15) is 5.10 Å². The lowest BCUT2D eigenvalue weighted by Gasteiger charge is -2.11. The zero-order valence-electron chi connectivity index (χ0n) is 12.3. The summed E-state index contributed by atoms with van der Waals surface area (Å²) in [6, 6.07) is 6.34. The van der Waals surface area contributed by atoms with E-state index >= 15 is 0 Å². The molecule has 0 fully saturated rings. The molecule has 1 atom stereocenters. The number of fused-ring (bicyclic) bond motifs is 1. The molecule has 106 valence electrons. The second kappa shape index (κ2) is 4.94. The van der Waals surface area contributed by atoms with E-state index in [2.05, 4.69) is 44.1 Å². The molecule has 2 heterocycles. The highest BCUT2D eigenvalue weighted by Crippen LogP contribution is 2.40. The Labute approximate surface area is 119 Å². The van der Waals surface area contributed by atoms with E-state index in [1.165, 1.54) is 16.8 Å². The topological polar surface area (TPSA) is 53.1 Å². The molecule has 0 amide bonds. The molecule has 0 bridgehead atoms. The summed E-state index contributed by atoms with van der Waals surface area (Å²) in [5, 5.41) is 4.61. The third-order valence-electron chi connectivity index (χ3n) is 4.04. The number of aromatic nitrogens is 2. The Morgan fingerprint density at radius 3 is 2.85 bits per heavy atom. The molecular weight excluding hydrogens is 250 g/mol. The zero-order valence-corrected chi connectivity index (χ0v) is 12.3. The van der Waals surface area contributed by atoms with Crippen LogP contribution in [-0.4, -0.2) is 22.4 Å². The average Bonchev–Trinajstić information content (AvgIpc) is 2.99. The van der Waals surface area contributed by atoms with Crippen LogP contribution in [0.25, 0.3) is 11.1 Å². The van der Waals surface area contributed by atoms with Gasteiger partial charge in [0, 0.05) is 36.3 Å². The minimum absolute atomic E-state index is 0.105. The van der Waals surface area contributed by atoms with Crippen molar-refractivity contribution in [1.82, 2.24) is 9.78 Å². The Morgan fingerprint density at radius 1 is 1.40 bits per heavy atom. The molecule has 0 unspecified atom stereocenters. The number of hydrogen-bond acceptors (Lipinski definition) is 3. The summed E-state index contributed by atoms with van der Waals surface area (Å²) in [5.74, 6) is 0.991. The number of nitrogens with zero attached hydrogens (tertiary/aromatic N) is 2. The fraction of sp³-hybridized carbons (Fsp3) is 0.438. The van der Waals surface area contributed by atoms with Crippen LogP contribution in [0.2, 0.25) is 0 Å². The highest BCUT2D eigenvalue weighted by Gasteiger charge is 2.26. The molecule has 0 spiro atoms. The summed E-state index contributed by atoms with van der Waals surface area (Å²) in [6.07, 6.45) is 1.01. The van der Waals surface area contributed by atoms with Gasteiger partial charge in [-0.05, 0) is 26.3 Å². The van der Waals surface area contributed by atoms with E-state index in [0.717, 1.165) is 30.0 Å². The number of benzene rings is 1. The lowest BCUT2D eigenvalue weighted by atomic mass is 9.99. The number of ether oxygens (including phenoxy) is 1. The first-order valence-electron chi connectivity index (χ1n) is 7.18. The molecule has 0 radical (unpaired) electrons. The van der Waals surface area contributed by atoms with Gasteiger partial charge in [-0.25, -0.2) is 0 Å². The summed E-state index contributed by atoms with van der Waals surface area (Å²) >= 11 is 0. The first kappa shape index (κ1) is 13.2. The lowest BCUT2D eigenvalue weighted by Crippen LogP contribution is -2.24. The molecule has 4 heteroatoms. The second-order valence-electron chi connectivity index (χ2n) is 5.34. The molecule has 1 aromatic heterocycles. The van der Waals surface area contributed by atoms with Crippen LogP contribution < -0.4 is 10.5 Å². The highest BCUT2D eigenvalue weighted by molar-refractivity contribution is 5.76. The van der Waals surface area contributed by atoms with Crippen LogP contribution in [0.4, 0.5) is 0 Å². The van der Waals surface area contributed by atoms with Crippen molar-refractivity contribution in [1.29, 1.82) is 0 Å². The molecule has 3 rings (SSSR count). The molecular formula is C16H21N3O. The Bertz CT molecular complexity index is 645. The van der Waals surface area contributed by atoms with E-state index < -0.39 is 0 Å². The minimum atomic E-state index is 0.105. The second-order valence-corrected chi connectivity index (χ2v) is 5.34. The Kier molecular flexibility index (Phi) is 3.26. The van der Waals surface area contributed by atoms with Crippen molar-refractivity contribution in [2.45, 2.75) is 39.8 Å². The lowest BCUT2D eigenvalue weighted by molar-refractivity contribution is 0.242. The maximum atomic E-state index is 6.03. The Hall–Kier alpha value is -1.81. The largest absolute Gasteiger partial charge is 0.488 e. The molecule has 20 heavy (non-hydrogen) atoms. The van der Waals surface area contributed by atoms with Gasteiger partial charge in [-0.3, -0.25) is 4.68 Å². The van der Waals surface area contributed by atoms with E-state index in [-0.39, 0.29) is 6.10 Å². The summed E-state index contributed by atoms with van der Waals surface area (Å²) in [4.78, 5) is 0. The molecule has 1 aliphatic rings. The van der Waals surface area contributed by atoms with Crippen LogP contribution >= 0.6 is 0 Å². The molecule has 4 nitrogen and oxygen atoms in total. The molecule has 0 aliphatic carbocycles. The third-order valence-corrected chi connectivity index (χ3v) is 4.04. The van der Waals surface area contributed by atoms with Crippen molar-refractivity contribution in [3.8, 4) is 16.9 Å². The van der Waals surface area contributed by atoms with E-state index in [0.29, 0.717) is 6.54 Å². The SMILES string of the molecule is CCn1nc(C)c(-c2cccc3c2O[C@@H](CN)C3)c1C. The van der Waals surface area contributed by atoms with Gasteiger partial charge in [0.05, 0.1) is 5.69 Å². The van der Waals surface area contributed by atoms with Crippen LogP contribution in [0, 0.1) is 13.8 Å². The molecule has 1 aliphatic heterocycles. The fourth-order valence-electron chi connectivity index (χ4n) is 3.06. The summed E-state index contributed by atoms with van der Waals surface area (Å²) in [7, 11) is 0. The van der Waals surface area contributed by atoms with E-state index in [1.807, 2.05) is 4.68 Å². The molecule has 0 saturated heterocycles. The van der Waals surface area contributed by atoms with Crippen molar-refractivity contribution < 1.29 is 4.74 Å². The van der Waals surface area contributed by atoms with E-state index in [1.54, 1.807) is 0 Å². The van der Waals surface area contributed by atoms with Crippen molar-refractivity contribution in [3.05, 3.63) is 35.2 Å². The van der Waals surface area contributed by atoms with Gasteiger partial charge in [0.25, 0.3) is 0 Å².